The zero-order valence-electron chi connectivity index (χ0n) is 11.7. The summed E-state index contributed by atoms with van der Waals surface area (Å²) in [7, 11) is -2.02. The quantitative estimate of drug-likeness (QED) is 0.508. The van der Waals surface area contributed by atoms with Crippen LogP contribution in [0.25, 0.3) is 16.8 Å². The molecule has 0 unspecified atom stereocenters. The van der Waals surface area contributed by atoms with E-state index in [4.69, 9.17) is 4.74 Å². The van der Waals surface area contributed by atoms with Crippen molar-refractivity contribution in [3.8, 4) is 17.0 Å². The van der Waals surface area contributed by atoms with Crippen LogP contribution in [0.4, 0.5) is 0 Å². The van der Waals surface area contributed by atoms with Crippen molar-refractivity contribution in [2.75, 3.05) is 13.4 Å². The lowest BCUT2D eigenvalue weighted by Gasteiger charge is -2.10. The number of hydrogen-bond acceptors (Lipinski definition) is 6. The topological polar surface area (TPSA) is 86.5 Å². The number of fused-ring (bicyclic) bond motifs is 1. The summed E-state index contributed by atoms with van der Waals surface area (Å²) in [6.07, 6.45) is 4.16. The van der Waals surface area contributed by atoms with Crippen LogP contribution in [-0.2, 0) is 9.84 Å². The minimum atomic E-state index is -3.54. The number of pyridine rings is 1. The first-order valence-corrected chi connectivity index (χ1v) is 8.83. The second kappa shape index (κ2) is 5.33. The molecule has 0 aliphatic rings. The lowest BCUT2D eigenvalue weighted by atomic mass is 10.1. The molecule has 0 aromatic carbocycles. The zero-order valence-corrected chi connectivity index (χ0v) is 14.1. The van der Waals surface area contributed by atoms with Crippen LogP contribution in [0.1, 0.15) is 0 Å². The van der Waals surface area contributed by atoms with Crippen molar-refractivity contribution in [1.82, 2.24) is 19.6 Å². The van der Waals surface area contributed by atoms with Crippen LogP contribution in [0.15, 0.2) is 40.4 Å². The van der Waals surface area contributed by atoms with Crippen molar-refractivity contribution in [2.24, 2.45) is 0 Å². The number of hydrogen-bond donors (Lipinski definition) is 0. The molecular weight excluding hydrogens is 372 g/mol. The number of halogens is 1. The summed E-state index contributed by atoms with van der Waals surface area (Å²) >= 11 is 3.29. The van der Waals surface area contributed by atoms with Gasteiger partial charge in [-0.15, -0.1) is 0 Å². The van der Waals surface area contributed by atoms with Gasteiger partial charge in [-0.25, -0.2) is 22.9 Å². The Kier molecular flexibility index (Phi) is 3.61. The van der Waals surface area contributed by atoms with E-state index in [1.165, 1.54) is 17.8 Å². The minimum absolute atomic E-state index is 0.125. The van der Waals surface area contributed by atoms with Crippen LogP contribution in [0, 0.1) is 0 Å². The smallest absolute Gasteiger partial charge is 0.249 e. The lowest BCUT2D eigenvalue weighted by molar-refractivity contribution is 0.414. The molecule has 3 aromatic heterocycles. The van der Waals surface area contributed by atoms with Crippen LogP contribution >= 0.6 is 15.9 Å². The summed E-state index contributed by atoms with van der Waals surface area (Å²) in [6.45, 7) is 0. The molecule has 3 rings (SSSR count). The van der Waals surface area contributed by atoms with Gasteiger partial charge in [0, 0.05) is 11.8 Å². The summed E-state index contributed by atoms with van der Waals surface area (Å²) in [6, 6.07) is 5.18. The molecule has 0 aliphatic carbocycles. The average molecular weight is 383 g/mol. The third-order valence-electron chi connectivity index (χ3n) is 3.02. The van der Waals surface area contributed by atoms with Crippen molar-refractivity contribution in [2.45, 2.75) is 5.16 Å². The van der Waals surface area contributed by atoms with Crippen molar-refractivity contribution in [3.05, 3.63) is 35.2 Å². The Morgan fingerprint density at radius 1 is 1.32 bits per heavy atom. The summed E-state index contributed by atoms with van der Waals surface area (Å²) in [4.78, 5) is 8.34. The highest BCUT2D eigenvalue weighted by Crippen LogP contribution is 2.31. The van der Waals surface area contributed by atoms with E-state index in [9.17, 15) is 8.42 Å². The van der Waals surface area contributed by atoms with Crippen LogP contribution in [0.3, 0.4) is 0 Å². The molecule has 0 amide bonds. The van der Waals surface area contributed by atoms with E-state index >= 15 is 0 Å². The molecule has 0 N–H and O–H groups in total. The van der Waals surface area contributed by atoms with Crippen molar-refractivity contribution >= 4 is 31.3 Å². The molecule has 0 saturated heterocycles. The molecule has 0 bridgehead atoms. The maximum Gasteiger partial charge on any atom is 0.249 e. The van der Waals surface area contributed by atoms with Gasteiger partial charge in [-0.3, -0.25) is 0 Å². The van der Waals surface area contributed by atoms with Gasteiger partial charge in [0.05, 0.1) is 30.7 Å². The van der Waals surface area contributed by atoms with Crippen LogP contribution in [-0.4, -0.2) is 41.4 Å². The molecule has 0 saturated carbocycles. The summed E-state index contributed by atoms with van der Waals surface area (Å²) in [5.74, 6) is 0.499. The van der Waals surface area contributed by atoms with E-state index in [2.05, 4.69) is 31.0 Å². The molecule has 22 heavy (non-hydrogen) atoms. The highest BCUT2D eigenvalue weighted by molar-refractivity contribution is 9.10. The number of rotatable bonds is 3. The normalized spacial score (nSPS) is 11.8. The van der Waals surface area contributed by atoms with Gasteiger partial charge in [-0.1, -0.05) is 0 Å². The number of methoxy groups -OCH3 is 1. The van der Waals surface area contributed by atoms with Gasteiger partial charge in [-0.05, 0) is 34.1 Å². The fraction of sp³-hybridized carbons (Fsp3) is 0.154. The third-order valence-corrected chi connectivity index (χ3v) is 4.38. The van der Waals surface area contributed by atoms with E-state index in [0.717, 1.165) is 6.26 Å². The van der Waals surface area contributed by atoms with Crippen LogP contribution in [0.5, 0.6) is 5.75 Å². The predicted molar refractivity (Wildman–Crippen MR) is 83.6 cm³/mol. The number of sulfone groups is 1. The Balaban J connectivity index is 2.35. The molecule has 0 aliphatic heterocycles. The average Bonchev–Trinajstić information content (AvgIpc) is 2.93. The van der Waals surface area contributed by atoms with Crippen LogP contribution in [0.2, 0.25) is 0 Å². The number of aromatic nitrogens is 4. The molecule has 114 valence electrons. The molecule has 0 fully saturated rings. The van der Waals surface area contributed by atoms with E-state index in [1.54, 1.807) is 24.4 Å². The standard InChI is InChI=1S/C13H11BrN4O3S/c1-21-11-7-15-12(14)6-9(11)10-5-8-3-4-16-18(8)13(17-10)22(2,19)20/h3-7H,1-2H3. The highest BCUT2D eigenvalue weighted by atomic mass is 79.9. The Hall–Kier alpha value is -2.00. The van der Waals surface area contributed by atoms with Gasteiger partial charge in [0.25, 0.3) is 0 Å². The molecule has 0 radical (unpaired) electrons. The number of nitrogens with zero attached hydrogens (tertiary/aromatic N) is 4. The minimum Gasteiger partial charge on any atom is -0.494 e. The predicted octanol–water partition coefficient (Wildman–Crippen LogP) is 1.97. The molecule has 3 heterocycles. The van der Waals surface area contributed by atoms with Gasteiger partial charge in [0.15, 0.2) is 0 Å². The Labute approximate surface area is 135 Å². The van der Waals surface area contributed by atoms with E-state index in [0.29, 0.717) is 27.1 Å². The Morgan fingerprint density at radius 2 is 2.09 bits per heavy atom. The van der Waals surface area contributed by atoms with Gasteiger partial charge >= 0.3 is 0 Å². The van der Waals surface area contributed by atoms with E-state index < -0.39 is 9.84 Å². The molecule has 0 spiro atoms. The molecule has 9 heteroatoms. The first-order valence-electron chi connectivity index (χ1n) is 6.15. The SMILES string of the molecule is COc1cnc(Br)cc1-c1cc2ccnn2c(S(C)(=O)=O)n1. The molecule has 3 aromatic rings. The first kappa shape index (κ1) is 14.9. The van der Waals surface area contributed by atoms with Crippen molar-refractivity contribution in [1.29, 1.82) is 0 Å². The Morgan fingerprint density at radius 3 is 2.77 bits per heavy atom. The first-order chi connectivity index (χ1) is 10.4. The zero-order chi connectivity index (χ0) is 15.9. The van der Waals surface area contributed by atoms with E-state index in [-0.39, 0.29) is 5.16 Å². The summed E-state index contributed by atoms with van der Waals surface area (Å²) in [5.41, 5.74) is 1.73. The second-order valence-electron chi connectivity index (χ2n) is 4.57. The summed E-state index contributed by atoms with van der Waals surface area (Å²) < 4.78 is 31.1. The molecular formula is C13H11BrN4O3S. The Bertz CT molecular complexity index is 969. The lowest BCUT2D eigenvalue weighted by Crippen LogP contribution is -2.10. The second-order valence-corrected chi connectivity index (χ2v) is 7.29. The van der Waals surface area contributed by atoms with Gasteiger partial charge in [0.2, 0.25) is 15.0 Å². The fourth-order valence-electron chi connectivity index (χ4n) is 2.06. The monoisotopic (exact) mass is 382 g/mol. The molecule has 7 nitrogen and oxygen atoms in total. The van der Waals surface area contributed by atoms with E-state index in [1.807, 2.05) is 0 Å². The maximum absolute atomic E-state index is 12.0. The maximum atomic E-state index is 12.0. The van der Waals surface area contributed by atoms with Gasteiger partial charge in [-0.2, -0.15) is 5.10 Å². The molecule has 0 atom stereocenters. The highest BCUT2D eigenvalue weighted by Gasteiger charge is 2.19. The van der Waals surface area contributed by atoms with Crippen molar-refractivity contribution in [3.63, 3.8) is 0 Å². The summed E-state index contributed by atoms with van der Waals surface area (Å²) in [5, 5.41) is 3.88. The largest absolute Gasteiger partial charge is 0.494 e. The van der Waals surface area contributed by atoms with Gasteiger partial charge in [0.1, 0.15) is 10.4 Å². The third kappa shape index (κ3) is 2.57. The van der Waals surface area contributed by atoms with Gasteiger partial charge < -0.3 is 4.74 Å². The van der Waals surface area contributed by atoms with Crippen LogP contribution < -0.4 is 4.74 Å². The number of ether oxygens (including phenoxy) is 1. The fourth-order valence-corrected chi connectivity index (χ4v) is 3.13. The van der Waals surface area contributed by atoms with Crippen molar-refractivity contribution < 1.29 is 13.2 Å².